The van der Waals surface area contributed by atoms with Crippen LogP contribution in [0.1, 0.15) is 63.4 Å². The van der Waals surface area contributed by atoms with Crippen molar-refractivity contribution < 1.29 is 9.90 Å². The third-order valence-electron chi connectivity index (χ3n) is 7.83. The molecule has 5 aliphatic rings. The minimum absolute atomic E-state index is 0.308. The molecule has 1 aromatic rings. The van der Waals surface area contributed by atoms with Crippen LogP contribution in [0.4, 0.5) is 0 Å². The maximum Gasteiger partial charge on any atom is 0.223 e. The summed E-state index contributed by atoms with van der Waals surface area (Å²) >= 11 is 0. The molecule has 4 heteroatoms. The lowest BCUT2D eigenvalue weighted by molar-refractivity contribution is -0.143. The van der Waals surface area contributed by atoms with E-state index in [-0.39, 0.29) is 0 Å². The van der Waals surface area contributed by atoms with Crippen LogP contribution in [-0.2, 0) is 10.4 Å². The number of carbonyl (C=O) groups is 1. The van der Waals surface area contributed by atoms with Crippen molar-refractivity contribution in [3.05, 3.63) is 30.1 Å². The standard InChI is InChI=1S/C22H30N2O2/c25-20(14-21-11-16-8-17(12-21)10-18(9-16)13-21)24-6-3-22(26,4-7-24)19-2-1-5-23-15-19/h1-2,5,15-18,26H,3-4,6-14H2. The molecule has 4 aliphatic carbocycles. The van der Waals surface area contributed by atoms with Crippen LogP contribution in [0.25, 0.3) is 0 Å². The highest BCUT2D eigenvalue weighted by atomic mass is 16.3. The molecule has 26 heavy (non-hydrogen) atoms. The molecule has 2 heterocycles. The number of likely N-dealkylation sites (tertiary alicyclic amines) is 1. The molecule has 0 radical (unpaired) electrons. The van der Waals surface area contributed by atoms with Gasteiger partial charge in [0.1, 0.15) is 0 Å². The lowest BCUT2D eigenvalue weighted by Crippen LogP contribution is -2.50. The normalized spacial score (nSPS) is 37.7. The molecule has 4 saturated carbocycles. The van der Waals surface area contributed by atoms with Crippen molar-refractivity contribution in [1.29, 1.82) is 0 Å². The third kappa shape index (κ3) is 2.87. The summed E-state index contributed by atoms with van der Waals surface area (Å²) in [6.07, 6.45) is 13.6. The molecular weight excluding hydrogens is 324 g/mol. The molecular formula is C22H30N2O2. The first-order valence-corrected chi connectivity index (χ1v) is 10.4. The summed E-state index contributed by atoms with van der Waals surface area (Å²) in [6.45, 7) is 1.33. The highest BCUT2D eigenvalue weighted by Crippen LogP contribution is 2.61. The lowest BCUT2D eigenvalue weighted by atomic mass is 9.49. The largest absolute Gasteiger partial charge is 0.385 e. The second-order valence-electron chi connectivity index (χ2n) is 9.75. The molecule has 4 bridgehead atoms. The fourth-order valence-electron chi connectivity index (χ4n) is 6.99. The smallest absolute Gasteiger partial charge is 0.223 e. The Morgan fingerprint density at radius 2 is 1.73 bits per heavy atom. The van der Waals surface area contributed by atoms with Gasteiger partial charge in [-0.05, 0) is 80.6 Å². The Bertz CT molecular complexity index is 643. The summed E-state index contributed by atoms with van der Waals surface area (Å²) in [4.78, 5) is 19.2. The van der Waals surface area contributed by atoms with Crippen LogP contribution in [-0.4, -0.2) is 34.0 Å². The molecule has 0 unspecified atom stereocenters. The van der Waals surface area contributed by atoms with Crippen LogP contribution in [0.5, 0.6) is 0 Å². The van der Waals surface area contributed by atoms with Gasteiger partial charge in [0.05, 0.1) is 5.60 Å². The summed E-state index contributed by atoms with van der Waals surface area (Å²) < 4.78 is 0. The van der Waals surface area contributed by atoms with E-state index in [1.165, 1.54) is 38.5 Å². The highest BCUT2D eigenvalue weighted by Gasteiger charge is 2.52. The number of pyridine rings is 1. The van der Waals surface area contributed by atoms with Crippen molar-refractivity contribution in [3.63, 3.8) is 0 Å². The van der Waals surface area contributed by atoms with Crippen LogP contribution < -0.4 is 0 Å². The number of aliphatic hydroxyl groups is 1. The van der Waals surface area contributed by atoms with Gasteiger partial charge in [-0.15, -0.1) is 0 Å². The molecule has 0 atom stereocenters. The summed E-state index contributed by atoms with van der Waals surface area (Å²) in [7, 11) is 0. The molecule has 5 fully saturated rings. The topological polar surface area (TPSA) is 53.4 Å². The first-order chi connectivity index (χ1) is 12.5. The molecule has 4 nitrogen and oxygen atoms in total. The minimum atomic E-state index is -0.828. The summed E-state index contributed by atoms with van der Waals surface area (Å²) in [5, 5.41) is 11.0. The lowest BCUT2D eigenvalue weighted by Gasteiger charge is -2.57. The summed E-state index contributed by atoms with van der Waals surface area (Å²) in [5.41, 5.74) is 0.363. The number of aromatic nitrogens is 1. The van der Waals surface area contributed by atoms with Crippen molar-refractivity contribution in [3.8, 4) is 0 Å². The monoisotopic (exact) mass is 354 g/mol. The second-order valence-corrected chi connectivity index (χ2v) is 9.75. The van der Waals surface area contributed by atoms with E-state index in [4.69, 9.17) is 0 Å². The second kappa shape index (κ2) is 6.05. The van der Waals surface area contributed by atoms with E-state index >= 15 is 0 Å². The number of hydrogen-bond donors (Lipinski definition) is 1. The van der Waals surface area contributed by atoms with Gasteiger partial charge in [-0.1, -0.05) is 6.07 Å². The zero-order chi connectivity index (χ0) is 17.8. The number of amides is 1. The molecule has 0 aromatic carbocycles. The van der Waals surface area contributed by atoms with Gasteiger partial charge in [0.2, 0.25) is 5.91 Å². The molecule has 1 saturated heterocycles. The molecule has 140 valence electrons. The van der Waals surface area contributed by atoms with Crippen LogP contribution in [0.15, 0.2) is 24.5 Å². The van der Waals surface area contributed by atoms with Crippen molar-refractivity contribution >= 4 is 5.91 Å². The average molecular weight is 354 g/mol. The van der Waals surface area contributed by atoms with Crippen LogP contribution in [0.2, 0.25) is 0 Å². The van der Waals surface area contributed by atoms with Crippen molar-refractivity contribution in [2.24, 2.45) is 23.2 Å². The van der Waals surface area contributed by atoms with E-state index in [1.807, 2.05) is 17.0 Å². The molecule has 1 amide bonds. The minimum Gasteiger partial charge on any atom is -0.385 e. The van der Waals surface area contributed by atoms with E-state index in [0.717, 1.165) is 29.7 Å². The third-order valence-corrected chi connectivity index (χ3v) is 7.83. The number of carbonyl (C=O) groups excluding carboxylic acids is 1. The maximum atomic E-state index is 13.1. The Balaban J connectivity index is 1.23. The SMILES string of the molecule is O=C(CC12CC3CC(CC(C3)C1)C2)N1CCC(O)(c2cccnc2)CC1. The molecule has 0 spiro atoms. The highest BCUT2D eigenvalue weighted by molar-refractivity contribution is 5.77. The van der Waals surface area contributed by atoms with Gasteiger partial charge in [0.25, 0.3) is 0 Å². The number of nitrogens with zero attached hydrogens (tertiary/aromatic N) is 2. The predicted molar refractivity (Wildman–Crippen MR) is 99.2 cm³/mol. The quantitative estimate of drug-likeness (QED) is 0.904. The van der Waals surface area contributed by atoms with Gasteiger partial charge < -0.3 is 10.0 Å². The molecule has 1 aromatic heterocycles. The first-order valence-electron chi connectivity index (χ1n) is 10.4. The van der Waals surface area contributed by atoms with Crippen LogP contribution >= 0.6 is 0 Å². The van der Waals surface area contributed by atoms with E-state index in [0.29, 0.717) is 37.3 Å². The molecule has 6 rings (SSSR count). The summed E-state index contributed by atoms with van der Waals surface area (Å²) in [5.74, 6) is 3.02. The zero-order valence-corrected chi connectivity index (χ0v) is 15.6. The fourth-order valence-corrected chi connectivity index (χ4v) is 6.99. The Morgan fingerprint density at radius 1 is 1.12 bits per heavy atom. The van der Waals surface area contributed by atoms with Crippen molar-refractivity contribution in [1.82, 2.24) is 9.88 Å². The Labute approximate surface area is 156 Å². The van der Waals surface area contributed by atoms with Gasteiger partial charge in [-0.25, -0.2) is 0 Å². The number of rotatable bonds is 3. The molecule has 1 N–H and O–H groups in total. The van der Waals surface area contributed by atoms with Gasteiger partial charge in [0, 0.05) is 37.5 Å². The van der Waals surface area contributed by atoms with Crippen molar-refractivity contribution in [2.45, 2.75) is 63.4 Å². The van der Waals surface area contributed by atoms with Crippen LogP contribution in [0, 0.1) is 23.2 Å². The first kappa shape index (κ1) is 16.7. The fraction of sp³-hybridized carbons (Fsp3) is 0.727. The number of piperidine rings is 1. The van der Waals surface area contributed by atoms with E-state index < -0.39 is 5.60 Å². The Hall–Kier alpha value is -1.42. The van der Waals surface area contributed by atoms with Gasteiger partial charge >= 0.3 is 0 Å². The number of hydrogen-bond acceptors (Lipinski definition) is 3. The van der Waals surface area contributed by atoms with E-state index in [9.17, 15) is 9.90 Å². The van der Waals surface area contributed by atoms with E-state index in [2.05, 4.69) is 4.98 Å². The molecule has 1 aliphatic heterocycles. The van der Waals surface area contributed by atoms with Crippen LogP contribution in [0.3, 0.4) is 0 Å². The Morgan fingerprint density at radius 3 is 2.27 bits per heavy atom. The van der Waals surface area contributed by atoms with Gasteiger partial charge in [-0.2, -0.15) is 0 Å². The predicted octanol–water partition coefficient (Wildman–Crippen LogP) is 3.50. The van der Waals surface area contributed by atoms with E-state index in [1.54, 1.807) is 12.4 Å². The maximum absolute atomic E-state index is 13.1. The zero-order valence-electron chi connectivity index (χ0n) is 15.6. The van der Waals surface area contributed by atoms with Gasteiger partial charge in [0.15, 0.2) is 0 Å². The summed E-state index contributed by atoms with van der Waals surface area (Å²) in [6, 6.07) is 3.82. The van der Waals surface area contributed by atoms with Gasteiger partial charge in [-0.3, -0.25) is 9.78 Å². The van der Waals surface area contributed by atoms with Crippen molar-refractivity contribution in [2.75, 3.05) is 13.1 Å². The average Bonchev–Trinajstić information content (AvgIpc) is 2.61. The Kier molecular flexibility index (Phi) is 3.89.